The van der Waals surface area contributed by atoms with Gasteiger partial charge >= 0.3 is 0 Å². The molecule has 0 saturated heterocycles. The molecule has 0 atom stereocenters. The lowest BCUT2D eigenvalue weighted by molar-refractivity contribution is 0.281. The average Bonchev–Trinajstić information content (AvgIpc) is 2.46. The van der Waals surface area contributed by atoms with E-state index in [4.69, 9.17) is 5.11 Å². The molecule has 2 aromatic rings. The molecule has 0 bridgehead atoms. The molecule has 0 amide bonds. The minimum atomic E-state index is 0.0248. The zero-order valence-electron chi connectivity index (χ0n) is 6.12. The van der Waals surface area contributed by atoms with Crippen molar-refractivity contribution in [3.8, 4) is 0 Å². The van der Waals surface area contributed by atoms with Gasteiger partial charge in [-0.15, -0.1) is 11.3 Å². The van der Waals surface area contributed by atoms with E-state index in [1.807, 2.05) is 18.2 Å². The lowest BCUT2D eigenvalue weighted by Gasteiger charge is -1.86. The Morgan fingerprint density at radius 3 is 3.08 bits per heavy atom. The van der Waals surface area contributed by atoms with Gasteiger partial charge < -0.3 is 5.11 Å². The van der Waals surface area contributed by atoms with Crippen molar-refractivity contribution in [3.05, 3.63) is 27.7 Å². The SMILES string of the molecule is OCc1nc2ccc(Br)cc2s1. The zero-order valence-corrected chi connectivity index (χ0v) is 8.52. The summed E-state index contributed by atoms with van der Waals surface area (Å²) in [6.45, 7) is 0.0248. The zero-order chi connectivity index (χ0) is 8.55. The van der Waals surface area contributed by atoms with E-state index in [1.54, 1.807) is 0 Å². The molecule has 0 saturated carbocycles. The molecular formula is C8H6BrNOS. The van der Waals surface area contributed by atoms with E-state index in [1.165, 1.54) is 11.3 Å². The van der Waals surface area contributed by atoms with E-state index in [0.717, 1.165) is 19.7 Å². The summed E-state index contributed by atoms with van der Waals surface area (Å²) in [7, 11) is 0. The second-order valence-electron chi connectivity index (χ2n) is 2.38. The van der Waals surface area contributed by atoms with Gasteiger partial charge in [-0.2, -0.15) is 0 Å². The summed E-state index contributed by atoms with van der Waals surface area (Å²) in [6, 6.07) is 5.89. The highest BCUT2D eigenvalue weighted by molar-refractivity contribution is 9.10. The molecule has 1 N–H and O–H groups in total. The predicted molar refractivity (Wildman–Crippen MR) is 53.2 cm³/mol. The summed E-state index contributed by atoms with van der Waals surface area (Å²) in [5.74, 6) is 0. The highest BCUT2D eigenvalue weighted by atomic mass is 79.9. The van der Waals surface area contributed by atoms with Gasteiger partial charge in [-0.05, 0) is 18.2 Å². The van der Waals surface area contributed by atoms with Gasteiger partial charge in [0.2, 0.25) is 0 Å². The first-order valence-electron chi connectivity index (χ1n) is 3.45. The number of thiazole rings is 1. The number of halogens is 1. The van der Waals surface area contributed by atoms with Gasteiger partial charge in [0.15, 0.2) is 0 Å². The topological polar surface area (TPSA) is 33.1 Å². The van der Waals surface area contributed by atoms with Crippen LogP contribution < -0.4 is 0 Å². The Morgan fingerprint density at radius 2 is 2.33 bits per heavy atom. The number of aliphatic hydroxyl groups is 1. The van der Waals surface area contributed by atoms with E-state index >= 15 is 0 Å². The molecule has 1 heterocycles. The van der Waals surface area contributed by atoms with Crippen LogP contribution in [0.3, 0.4) is 0 Å². The summed E-state index contributed by atoms with van der Waals surface area (Å²) in [5, 5.41) is 9.61. The van der Waals surface area contributed by atoms with Crippen molar-refractivity contribution in [3.63, 3.8) is 0 Å². The molecule has 1 aromatic heterocycles. The molecule has 0 aliphatic rings. The Morgan fingerprint density at radius 1 is 1.50 bits per heavy atom. The predicted octanol–water partition coefficient (Wildman–Crippen LogP) is 2.55. The minimum Gasteiger partial charge on any atom is -0.389 e. The van der Waals surface area contributed by atoms with Crippen LogP contribution >= 0.6 is 27.3 Å². The van der Waals surface area contributed by atoms with Crippen LogP contribution in [0.2, 0.25) is 0 Å². The number of nitrogens with zero attached hydrogens (tertiary/aromatic N) is 1. The smallest absolute Gasteiger partial charge is 0.119 e. The fourth-order valence-corrected chi connectivity index (χ4v) is 2.39. The maximum atomic E-state index is 8.84. The summed E-state index contributed by atoms with van der Waals surface area (Å²) < 4.78 is 2.15. The average molecular weight is 244 g/mol. The van der Waals surface area contributed by atoms with Crippen molar-refractivity contribution < 1.29 is 5.11 Å². The van der Waals surface area contributed by atoms with Crippen molar-refractivity contribution >= 4 is 37.5 Å². The first-order valence-corrected chi connectivity index (χ1v) is 5.06. The van der Waals surface area contributed by atoms with Crippen molar-refractivity contribution in [2.24, 2.45) is 0 Å². The molecule has 0 radical (unpaired) electrons. The first kappa shape index (κ1) is 8.16. The van der Waals surface area contributed by atoms with E-state index in [2.05, 4.69) is 20.9 Å². The monoisotopic (exact) mass is 243 g/mol. The number of fused-ring (bicyclic) bond motifs is 1. The van der Waals surface area contributed by atoms with Crippen LogP contribution in [0.4, 0.5) is 0 Å². The third-order valence-electron chi connectivity index (χ3n) is 1.53. The molecule has 1 aromatic carbocycles. The van der Waals surface area contributed by atoms with Gasteiger partial charge in [-0.1, -0.05) is 15.9 Å². The molecule has 0 unspecified atom stereocenters. The first-order chi connectivity index (χ1) is 5.79. The Labute approximate surface area is 82.0 Å². The molecule has 12 heavy (non-hydrogen) atoms. The van der Waals surface area contributed by atoms with Gasteiger partial charge in [0, 0.05) is 4.47 Å². The number of aliphatic hydroxyl groups excluding tert-OH is 1. The molecule has 4 heteroatoms. The maximum Gasteiger partial charge on any atom is 0.119 e. The molecule has 62 valence electrons. The van der Waals surface area contributed by atoms with E-state index in [0.29, 0.717) is 0 Å². The van der Waals surface area contributed by atoms with Crippen LogP contribution in [0.1, 0.15) is 5.01 Å². The van der Waals surface area contributed by atoms with Gasteiger partial charge in [-0.3, -0.25) is 0 Å². The van der Waals surface area contributed by atoms with Gasteiger partial charge in [0.1, 0.15) is 5.01 Å². The van der Waals surface area contributed by atoms with Crippen LogP contribution in [-0.2, 0) is 6.61 Å². The van der Waals surface area contributed by atoms with Crippen molar-refractivity contribution in [1.82, 2.24) is 4.98 Å². The van der Waals surface area contributed by atoms with E-state index in [-0.39, 0.29) is 6.61 Å². The van der Waals surface area contributed by atoms with Gasteiger partial charge in [-0.25, -0.2) is 4.98 Å². The Balaban J connectivity index is 2.67. The van der Waals surface area contributed by atoms with Crippen LogP contribution in [-0.4, -0.2) is 10.1 Å². The molecule has 0 aliphatic heterocycles. The Kier molecular flexibility index (Phi) is 2.12. The Hall–Kier alpha value is -0.450. The maximum absolute atomic E-state index is 8.84. The minimum absolute atomic E-state index is 0.0248. The molecular weight excluding hydrogens is 238 g/mol. The molecule has 0 spiro atoms. The second-order valence-corrected chi connectivity index (χ2v) is 4.41. The molecule has 2 rings (SSSR count). The number of benzene rings is 1. The Bertz CT molecular complexity index is 412. The summed E-state index contributed by atoms with van der Waals surface area (Å²) in [5.41, 5.74) is 0.951. The largest absolute Gasteiger partial charge is 0.389 e. The number of aromatic nitrogens is 1. The standard InChI is InChI=1S/C8H6BrNOS/c9-5-1-2-6-7(3-5)12-8(4-11)10-6/h1-3,11H,4H2. The summed E-state index contributed by atoms with van der Waals surface area (Å²) >= 11 is 4.90. The van der Waals surface area contributed by atoms with Crippen molar-refractivity contribution in [2.45, 2.75) is 6.61 Å². The number of hydrogen-bond donors (Lipinski definition) is 1. The normalized spacial score (nSPS) is 10.8. The van der Waals surface area contributed by atoms with Gasteiger partial charge in [0.05, 0.1) is 16.8 Å². The van der Waals surface area contributed by atoms with Crippen molar-refractivity contribution in [1.29, 1.82) is 0 Å². The number of hydrogen-bond acceptors (Lipinski definition) is 3. The van der Waals surface area contributed by atoms with E-state index in [9.17, 15) is 0 Å². The third kappa shape index (κ3) is 1.37. The third-order valence-corrected chi connectivity index (χ3v) is 3.03. The molecule has 0 aliphatic carbocycles. The van der Waals surface area contributed by atoms with Crippen molar-refractivity contribution in [2.75, 3.05) is 0 Å². The van der Waals surface area contributed by atoms with Crippen LogP contribution in [0.25, 0.3) is 10.2 Å². The lowest BCUT2D eigenvalue weighted by Crippen LogP contribution is -1.77. The summed E-state index contributed by atoms with van der Waals surface area (Å²) in [4.78, 5) is 4.22. The van der Waals surface area contributed by atoms with Gasteiger partial charge in [0.25, 0.3) is 0 Å². The quantitative estimate of drug-likeness (QED) is 0.836. The fraction of sp³-hybridized carbons (Fsp3) is 0.125. The van der Waals surface area contributed by atoms with Crippen LogP contribution in [0.5, 0.6) is 0 Å². The van der Waals surface area contributed by atoms with Crippen LogP contribution in [0.15, 0.2) is 22.7 Å². The van der Waals surface area contributed by atoms with Crippen LogP contribution in [0, 0.1) is 0 Å². The van der Waals surface area contributed by atoms with E-state index < -0.39 is 0 Å². The summed E-state index contributed by atoms with van der Waals surface area (Å²) in [6.07, 6.45) is 0. The highest BCUT2D eigenvalue weighted by Gasteiger charge is 2.01. The fourth-order valence-electron chi connectivity index (χ4n) is 1.01. The number of rotatable bonds is 1. The molecule has 2 nitrogen and oxygen atoms in total. The molecule has 0 fully saturated rings. The lowest BCUT2D eigenvalue weighted by atomic mass is 10.3. The highest BCUT2D eigenvalue weighted by Crippen LogP contribution is 2.25. The second kappa shape index (κ2) is 3.12.